The summed E-state index contributed by atoms with van der Waals surface area (Å²) in [6.07, 6.45) is 2.00. The number of benzene rings is 1. The summed E-state index contributed by atoms with van der Waals surface area (Å²) >= 11 is 0. The van der Waals surface area contributed by atoms with Gasteiger partial charge in [0.15, 0.2) is 0 Å². The molecule has 1 heterocycles. The second-order valence-electron chi connectivity index (χ2n) is 5.18. The average Bonchev–Trinajstić information content (AvgIpc) is 2.99. The number of hydrogen-bond acceptors (Lipinski definition) is 3. The third-order valence-electron chi connectivity index (χ3n) is 3.61. The minimum atomic E-state index is -0.296. The van der Waals surface area contributed by atoms with E-state index in [2.05, 4.69) is 5.32 Å². The van der Waals surface area contributed by atoms with Gasteiger partial charge < -0.3 is 19.7 Å². The number of rotatable bonds is 7. The van der Waals surface area contributed by atoms with Crippen LogP contribution in [0.2, 0.25) is 0 Å². The number of urea groups is 1. The molecule has 1 saturated heterocycles. The summed E-state index contributed by atoms with van der Waals surface area (Å²) in [5, 5.41) is 2.84. The van der Waals surface area contributed by atoms with Gasteiger partial charge in [0.05, 0.1) is 19.2 Å². The van der Waals surface area contributed by atoms with Crippen LogP contribution in [0.1, 0.15) is 19.8 Å². The van der Waals surface area contributed by atoms with Crippen LogP contribution in [0.25, 0.3) is 0 Å². The zero-order chi connectivity index (χ0) is 15.8. The SMILES string of the molecule is CCOC[C@@H]1CCCN1C(=O)NCCOc1ccc(F)cc1. The minimum Gasteiger partial charge on any atom is -0.492 e. The van der Waals surface area contributed by atoms with Gasteiger partial charge in [0, 0.05) is 13.2 Å². The molecule has 1 aromatic rings. The second kappa shape index (κ2) is 8.58. The Morgan fingerprint density at radius 1 is 1.41 bits per heavy atom. The molecule has 0 unspecified atom stereocenters. The van der Waals surface area contributed by atoms with Crippen LogP contribution in [-0.2, 0) is 4.74 Å². The van der Waals surface area contributed by atoms with Crippen molar-refractivity contribution in [2.75, 3.05) is 32.9 Å². The van der Waals surface area contributed by atoms with Crippen molar-refractivity contribution >= 4 is 6.03 Å². The molecule has 1 aromatic carbocycles. The molecule has 0 radical (unpaired) electrons. The molecule has 1 fully saturated rings. The Labute approximate surface area is 130 Å². The largest absolute Gasteiger partial charge is 0.492 e. The highest BCUT2D eigenvalue weighted by atomic mass is 19.1. The summed E-state index contributed by atoms with van der Waals surface area (Å²) in [5.74, 6) is 0.293. The van der Waals surface area contributed by atoms with E-state index in [9.17, 15) is 9.18 Å². The fourth-order valence-corrected chi connectivity index (χ4v) is 2.49. The molecule has 1 aliphatic heterocycles. The number of carbonyl (C=O) groups excluding carboxylic acids is 1. The van der Waals surface area contributed by atoms with Gasteiger partial charge in [-0.3, -0.25) is 0 Å². The number of nitrogens with one attached hydrogen (secondary N) is 1. The number of amides is 2. The Hall–Kier alpha value is -1.82. The zero-order valence-corrected chi connectivity index (χ0v) is 12.9. The number of carbonyl (C=O) groups is 1. The highest BCUT2D eigenvalue weighted by Crippen LogP contribution is 2.17. The second-order valence-corrected chi connectivity index (χ2v) is 5.18. The third kappa shape index (κ3) is 4.87. The van der Waals surface area contributed by atoms with Crippen molar-refractivity contribution in [1.82, 2.24) is 10.2 Å². The van der Waals surface area contributed by atoms with Crippen LogP contribution in [0, 0.1) is 5.82 Å². The Morgan fingerprint density at radius 2 is 2.18 bits per heavy atom. The first kappa shape index (κ1) is 16.5. The van der Waals surface area contributed by atoms with Crippen molar-refractivity contribution in [3.8, 4) is 5.75 Å². The molecule has 0 spiro atoms. The molecule has 6 heteroatoms. The molecular weight excluding hydrogens is 287 g/mol. The predicted octanol–water partition coefficient (Wildman–Crippen LogP) is 2.42. The number of hydrogen-bond donors (Lipinski definition) is 1. The van der Waals surface area contributed by atoms with Crippen LogP contribution in [0.3, 0.4) is 0 Å². The molecule has 1 aliphatic rings. The van der Waals surface area contributed by atoms with E-state index in [0.717, 1.165) is 19.4 Å². The molecule has 5 nitrogen and oxygen atoms in total. The molecule has 0 saturated carbocycles. The van der Waals surface area contributed by atoms with E-state index in [1.54, 1.807) is 12.1 Å². The molecule has 1 atom stereocenters. The zero-order valence-electron chi connectivity index (χ0n) is 12.9. The quantitative estimate of drug-likeness (QED) is 0.787. The van der Waals surface area contributed by atoms with E-state index in [1.165, 1.54) is 12.1 Å². The fraction of sp³-hybridized carbons (Fsp3) is 0.562. The highest BCUT2D eigenvalue weighted by molar-refractivity contribution is 5.74. The Kier molecular flexibility index (Phi) is 6.45. The third-order valence-corrected chi connectivity index (χ3v) is 3.61. The monoisotopic (exact) mass is 310 g/mol. The molecule has 22 heavy (non-hydrogen) atoms. The van der Waals surface area contributed by atoms with Crippen LogP contribution >= 0.6 is 0 Å². The molecular formula is C16H23FN2O3. The fourth-order valence-electron chi connectivity index (χ4n) is 2.49. The van der Waals surface area contributed by atoms with Gasteiger partial charge in [0.2, 0.25) is 0 Å². The lowest BCUT2D eigenvalue weighted by Gasteiger charge is -2.24. The van der Waals surface area contributed by atoms with Gasteiger partial charge in [-0.1, -0.05) is 0 Å². The van der Waals surface area contributed by atoms with Crippen LogP contribution in [0.15, 0.2) is 24.3 Å². The van der Waals surface area contributed by atoms with E-state index in [0.29, 0.717) is 32.1 Å². The smallest absolute Gasteiger partial charge is 0.317 e. The van der Waals surface area contributed by atoms with Crippen molar-refractivity contribution in [2.24, 2.45) is 0 Å². The van der Waals surface area contributed by atoms with Crippen LogP contribution in [-0.4, -0.2) is 49.9 Å². The lowest BCUT2D eigenvalue weighted by Crippen LogP contribution is -2.45. The van der Waals surface area contributed by atoms with Gasteiger partial charge in [0.1, 0.15) is 18.2 Å². The lowest BCUT2D eigenvalue weighted by molar-refractivity contribution is 0.0938. The molecule has 1 N–H and O–H groups in total. The van der Waals surface area contributed by atoms with Gasteiger partial charge in [-0.05, 0) is 44.0 Å². The van der Waals surface area contributed by atoms with E-state index in [-0.39, 0.29) is 17.9 Å². The molecule has 0 aliphatic carbocycles. The van der Waals surface area contributed by atoms with Gasteiger partial charge in [-0.25, -0.2) is 9.18 Å². The molecule has 2 amide bonds. The number of nitrogens with zero attached hydrogens (tertiary/aromatic N) is 1. The topological polar surface area (TPSA) is 50.8 Å². The van der Waals surface area contributed by atoms with Crippen LogP contribution in [0.4, 0.5) is 9.18 Å². The van der Waals surface area contributed by atoms with E-state index in [1.807, 2.05) is 11.8 Å². The number of halogens is 1. The van der Waals surface area contributed by atoms with Gasteiger partial charge in [-0.2, -0.15) is 0 Å². The Bertz CT molecular complexity index is 467. The maximum Gasteiger partial charge on any atom is 0.317 e. The summed E-state index contributed by atoms with van der Waals surface area (Å²) in [6.45, 7) is 4.73. The van der Waals surface area contributed by atoms with Crippen molar-refractivity contribution < 1.29 is 18.7 Å². The van der Waals surface area contributed by atoms with Crippen LogP contribution < -0.4 is 10.1 Å². The lowest BCUT2D eigenvalue weighted by atomic mass is 10.2. The highest BCUT2D eigenvalue weighted by Gasteiger charge is 2.28. The van der Waals surface area contributed by atoms with Crippen molar-refractivity contribution in [2.45, 2.75) is 25.8 Å². The Balaban J connectivity index is 1.67. The van der Waals surface area contributed by atoms with E-state index < -0.39 is 0 Å². The molecule has 2 rings (SSSR count). The van der Waals surface area contributed by atoms with Gasteiger partial charge >= 0.3 is 6.03 Å². The van der Waals surface area contributed by atoms with Gasteiger partial charge in [0.25, 0.3) is 0 Å². The number of likely N-dealkylation sites (tertiary alicyclic amines) is 1. The summed E-state index contributed by atoms with van der Waals surface area (Å²) in [5.41, 5.74) is 0. The van der Waals surface area contributed by atoms with Crippen molar-refractivity contribution in [3.63, 3.8) is 0 Å². The van der Waals surface area contributed by atoms with Crippen molar-refractivity contribution in [1.29, 1.82) is 0 Å². The van der Waals surface area contributed by atoms with Crippen molar-refractivity contribution in [3.05, 3.63) is 30.1 Å². The molecule has 0 bridgehead atoms. The molecule has 0 aromatic heterocycles. The average molecular weight is 310 g/mol. The molecule has 122 valence electrons. The van der Waals surface area contributed by atoms with Crippen LogP contribution in [0.5, 0.6) is 5.75 Å². The first-order chi connectivity index (χ1) is 10.7. The first-order valence-electron chi connectivity index (χ1n) is 7.71. The summed E-state index contributed by atoms with van der Waals surface area (Å²) in [6, 6.07) is 5.90. The maximum atomic E-state index is 12.8. The van der Waals surface area contributed by atoms with E-state index in [4.69, 9.17) is 9.47 Å². The summed E-state index contributed by atoms with van der Waals surface area (Å²) in [7, 11) is 0. The van der Waals surface area contributed by atoms with E-state index >= 15 is 0 Å². The normalized spacial score (nSPS) is 17.5. The minimum absolute atomic E-state index is 0.0788. The first-order valence-corrected chi connectivity index (χ1v) is 7.71. The summed E-state index contributed by atoms with van der Waals surface area (Å²) < 4.78 is 23.6. The van der Waals surface area contributed by atoms with Gasteiger partial charge in [-0.15, -0.1) is 0 Å². The standard InChI is InChI=1S/C16H23FN2O3/c1-2-21-12-14-4-3-10-19(14)16(20)18-9-11-22-15-7-5-13(17)6-8-15/h5-8,14H,2-4,9-12H2,1H3,(H,18,20)/t14-/m0/s1. The predicted molar refractivity (Wildman–Crippen MR) is 81.5 cm³/mol. The summed E-state index contributed by atoms with van der Waals surface area (Å²) in [4.78, 5) is 14.0. The maximum absolute atomic E-state index is 12.8. The Morgan fingerprint density at radius 3 is 2.91 bits per heavy atom. The number of ether oxygens (including phenoxy) is 2.